The fourth-order valence-corrected chi connectivity index (χ4v) is 5.06. The number of pyridine rings is 1. The standard InChI is InChI=1S/C29H23BrFN3O3/c1-17-28(29(18-7-3-2-4-8-18)21-15-19(30)11-12-23(21)32-17)24-16-25(20-9-5-6-10-22(20)31)34(33-24)26(35)13-14-27(36)37/h2-12,15-16,25,33H,13-14H2,1H3,(H,36,37)/t25-/m1/s1. The highest BCUT2D eigenvalue weighted by molar-refractivity contribution is 9.10. The third-order valence-corrected chi connectivity index (χ3v) is 6.84. The summed E-state index contributed by atoms with van der Waals surface area (Å²) in [4.78, 5) is 29.1. The monoisotopic (exact) mass is 559 g/mol. The molecule has 0 saturated carbocycles. The van der Waals surface area contributed by atoms with Gasteiger partial charge in [-0.25, -0.2) is 9.40 Å². The van der Waals surface area contributed by atoms with Gasteiger partial charge in [0, 0.05) is 38.7 Å². The second-order valence-corrected chi connectivity index (χ2v) is 9.71. The highest BCUT2D eigenvalue weighted by Gasteiger charge is 2.34. The number of rotatable bonds is 6. The number of aliphatic carboxylic acids is 1. The molecular formula is C29H23BrFN3O3. The lowest BCUT2D eigenvalue weighted by Crippen LogP contribution is -2.40. The Labute approximate surface area is 221 Å². The van der Waals surface area contributed by atoms with E-state index in [1.165, 1.54) is 11.1 Å². The third-order valence-electron chi connectivity index (χ3n) is 6.35. The SMILES string of the molecule is Cc1nc2ccc(Br)cc2c(-c2ccccc2)c1C1=C[C@H](c2ccccc2F)N(C(=O)CCC(=O)O)N1. The molecule has 0 bridgehead atoms. The van der Waals surface area contributed by atoms with Crippen LogP contribution in [0.3, 0.4) is 0 Å². The van der Waals surface area contributed by atoms with Crippen LogP contribution in [0.4, 0.5) is 4.39 Å². The minimum Gasteiger partial charge on any atom is -0.481 e. The van der Waals surface area contributed by atoms with Gasteiger partial charge in [-0.1, -0.05) is 64.5 Å². The number of nitrogens with one attached hydrogen (secondary N) is 1. The second kappa shape index (κ2) is 10.1. The zero-order valence-corrected chi connectivity index (χ0v) is 21.5. The summed E-state index contributed by atoms with van der Waals surface area (Å²) < 4.78 is 15.8. The first kappa shape index (κ1) is 24.6. The van der Waals surface area contributed by atoms with Crippen LogP contribution in [0.25, 0.3) is 27.7 Å². The Morgan fingerprint density at radius 3 is 2.49 bits per heavy atom. The molecule has 8 heteroatoms. The van der Waals surface area contributed by atoms with Crippen LogP contribution in [0.5, 0.6) is 0 Å². The molecule has 5 rings (SSSR count). The average molecular weight is 560 g/mol. The van der Waals surface area contributed by atoms with E-state index in [1.807, 2.05) is 55.5 Å². The van der Waals surface area contributed by atoms with E-state index in [4.69, 9.17) is 10.1 Å². The van der Waals surface area contributed by atoms with Gasteiger partial charge in [-0.15, -0.1) is 0 Å². The van der Waals surface area contributed by atoms with Gasteiger partial charge in [0.15, 0.2) is 0 Å². The number of fused-ring (bicyclic) bond motifs is 1. The van der Waals surface area contributed by atoms with Gasteiger partial charge >= 0.3 is 5.97 Å². The van der Waals surface area contributed by atoms with Crippen molar-refractivity contribution in [3.05, 3.63) is 106 Å². The van der Waals surface area contributed by atoms with Gasteiger partial charge in [0.05, 0.1) is 17.6 Å². The zero-order valence-electron chi connectivity index (χ0n) is 19.9. The van der Waals surface area contributed by atoms with Crippen LogP contribution in [0.1, 0.15) is 35.7 Å². The Kier molecular flexibility index (Phi) is 6.76. The fraction of sp³-hybridized carbons (Fsp3) is 0.138. The molecule has 2 heterocycles. The summed E-state index contributed by atoms with van der Waals surface area (Å²) in [6.45, 7) is 1.90. The molecule has 3 aromatic carbocycles. The predicted molar refractivity (Wildman–Crippen MR) is 144 cm³/mol. The summed E-state index contributed by atoms with van der Waals surface area (Å²) in [5, 5.41) is 11.3. The molecule has 1 aliphatic heterocycles. The molecule has 1 atom stereocenters. The van der Waals surface area contributed by atoms with Gasteiger partial charge in [0.25, 0.3) is 0 Å². The normalized spacial score (nSPS) is 14.9. The summed E-state index contributed by atoms with van der Waals surface area (Å²) in [5.74, 6) is -1.98. The lowest BCUT2D eigenvalue weighted by Gasteiger charge is -2.26. The number of nitrogens with zero attached hydrogens (tertiary/aromatic N) is 2. The number of carbonyl (C=O) groups excluding carboxylic acids is 1. The van der Waals surface area contributed by atoms with E-state index >= 15 is 0 Å². The Morgan fingerprint density at radius 1 is 1.03 bits per heavy atom. The molecule has 2 N–H and O–H groups in total. The molecule has 0 radical (unpaired) electrons. The number of hydrazine groups is 1. The third kappa shape index (κ3) is 4.84. The van der Waals surface area contributed by atoms with Crippen molar-refractivity contribution in [1.82, 2.24) is 15.4 Å². The number of aromatic nitrogens is 1. The van der Waals surface area contributed by atoms with Crippen molar-refractivity contribution < 1.29 is 19.1 Å². The van der Waals surface area contributed by atoms with E-state index in [0.717, 1.165) is 37.8 Å². The van der Waals surface area contributed by atoms with Gasteiger partial charge in [-0.3, -0.25) is 20.0 Å². The van der Waals surface area contributed by atoms with Gasteiger partial charge in [0.1, 0.15) is 11.9 Å². The maximum Gasteiger partial charge on any atom is 0.303 e. The minimum absolute atomic E-state index is 0.220. The van der Waals surface area contributed by atoms with Crippen LogP contribution >= 0.6 is 15.9 Å². The summed E-state index contributed by atoms with van der Waals surface area (Å²) in [5.41, 5.74) is 8.31. The van der Waals surface area contributed by atoms with E-state index in [9.17, 15) is 14.0 Å². The van der Waals surface area contributed by atoms with E-state index < -0.39 is 23.7 Å². The van der Waals surface area contributed by atoms with Gasteiger partial charge in [0.2, 0.25) is 5.91 Å². The van der Waals surface area contributed by atoms with Crippen molar-refractivity contribution >= 4 is 44.4 Å². The summed E-state index contributed by atoms with van der Waals surface area (Å²) in [7, 11) is 0. The number of hydrogen-bond acceptors (Lipinski definition) is 4. The Hall–Kier alpha value is -4.04. The van der Waals surface area contributed by atoms with Crippen LogP contribution in [-0.2, 0) is 9.59 Å². The van der Waals surface area contributed by atoms with Crippen LogP contribution < -0.4 is 5.43 Å². The van der Waals surface area contributed by atoms with Crippen LogP contribution in [0, 0.1) is 12.7 Å². The van der Waals surface area contributed by atoms with Crippen molar-refractivity contribution in [2.24, 2.45) is 0 Å². The van der Waals surface area contributed by atoms with E-state index in [-0.39, 0.29) is 12.8 Å². The summed E-state index contributed by atoms with van der Waals surface area (Å²) in [6.07, 6.45) is 1.26. The van der Waals surface area contributed by atoms with Crippen LogP contribution in [0.15, 0.2) is 83.3 Å². The molecule has 1 aromatic heterocycles. The topological polar surface area (TPSA) is 82.5 Å². The van der Waals surface area contributed by atoms with E-state index in [2.05, 4.69) is 21.4 Å². The van der Waals surface area contributed by atoms with Gasteiger partial charge in [-0.05, 0) is 42.8 Å². The molecule has 0 aliphatic carbocycles. The largest absolute Gasteiger partial charge is 0.481 e. The quantitative estimate of drug-likeness (QED) is 0.285. The Bertz CT molecular complexity index is 1560. The minimum atomic E-state index is -1.07. The first-order valence-electron chi connectivity index (χ1n) is 11.8. The fourth-order valence-electron chi connectivity index (χ4n) is 4.70. The van der Waals surface area contributed by atoms with Crippen molar-refractivity contribution in [2.45, 2.75) is 25.8 Å². The maximum atomic E-state index is 14.9. The molecule has 6 nitrogen and oxygen atoms in total. The molecular weight excluding hydrogens is 537 g/mol. The van der Waals surface area contributed by atoms with E-state index in [0.29, 0.717) is 11.3 Å². The number of aryl methyl sites for hydroxylation is 1. The summed E-state index contributed by atoms with van der Waals surface area (Å²) in [6, 6.07) is 21.3. The van der Waals surface area contributed by atoms with Gasteiger partial charge < -0.3 is 5.11 Å². The number of halogens is 2. The lowest BCUT2D eigenvalue weighted by atomic mass is 9.92. The van der Waals surface area contributed by atoms with Crippen LogP contribution in [-0.4, -0.2) is 27.0 Å². The molecule has 1 aliphatic rings. The first-order chi connectivity index (χ1) is 17.8. The molecule has 37 heavy (non-hydrogen) atoms. The molecule has 186 valence electrons. The highest BCUT2D eigenvalue weighted by atomic mass is 79.9. The smallest absolute Gasteiger partial charge is 0.303 e. The number of benzene rings is 3. The Morgan fingerprint density at radius 2 is 1.76 bits per heavy atom. The number of amides is 1. The van der Waals surface area contributed by atoms with Crippen molar-refractivity contribution in [3.63, 3.8) is 0 Å². The van der Waals surface area contributed by atoms with Gasteiger partial charge in [-0.2, -0.15) is 0 Å². The average Bonchev–Trinajstić information content (AvgIpc) is 3.32. The molecule has 0 saturated heterocycles. The number of hydrogen-bond donors (Lipinski definition) is 2. The lowest BCUT2D eigenvalue weighted by molar-refractivity contribution is -0.142. The van der Waals surface area contributed by atoms with Crippen LogP contribution in [0.2, 0.25) is 0 Å². The molecule has 0 fully saturated rings. The first-order valence-corrected chi connectivity index (χ1v) is 12.5. The maximum absolute atomic E-state index is 14.9. The molecule has 0 spiro atoms. The Balaban J connectivity index is 1.71. The van der Waals surface area contributed by atoms with Crippen molar-refractivity contribution in [3.8, 4) is 11.1 Å². The summed E-state index contributed by atoms with van der Waals surface area (Å²) >= 11 is 3.57. The number of carbonyl (C=O) groups is 2. The van der Waals surface area contributed by atoms with Crippen molar-refractivity contribution in [2.75, 3.05) is 0 Å². The number of carboxylic acid groups (broad SMARTS) is 1. The molecule has 4 aromatic rings. The molecule has 0 unspecified atom stereocenters. The second-order valence-electron chi connectivity index (χ2n) is 8.79. The van der Waals surface area contributed by atoms with Crippen molar-refractivity contribution in [1.29, 1.82) is 0 Å². The molecule has 1 amide bonds. The highest BCUT2D eigenvalue weighted by Crippen LogP contribution is 2.41. The number of carboxylic acids is 1. The zero-order chi connectivity index (χ0) is 26.1. The van der Waals surface area contributed by atoms with E-state index in [1.54, 1.807) is 24.3 Å². The predicted octanol–water partition coefficient (Wildman–Crippen LogP) is 6.41.